The molecule has 0 atom stereocenters. The van der Waals surface area contributed by atoms with Crippen LogP contribution in [0.2, 0.25) is 5.02 Å². The van der Waals surface area contributed by atoms with Gasteiger partial charge in [0.1, 0.15) is 0 Å². The maximum Gasteiger partial charge on any atom is 0.285 e. The Morgan fingerprint density at radius 1 is 1.14 bits per heavy atom. The van der Waals surface area contributed by atoms with E-state index < -0.39 is 10.0 Å². The van der Waals surface area contributed by atoms with Crippen LogP contribution in [0.1, 0.15) is 19.8 Å². The van der Waals surface area contributed by atoms with Crippen molar-refractivity contribution in [1.29, 1.82) is 0 Å². The zero-order valence-electron chi connectivity index (χ0n) is 11.5. The number of allylic oxidation sites excluding steroid dienone is 1. The van der Waals surface area contributed by atoms with Crippen LogP contribution in [0.25, 0.3) is 6.20 Å². The first-order chi connectivity index (χ1) is 10.1. The number of hydrogen-bond donors (Lipinski definition) is 0. The summed E-state index contributed by atoms with van der Waals surface area (Å²) in [5, 5.41) is 0.357. The first-order valence-corrected chi connectivity index (χ1v) is 8.55. The van der Waals surface area contributed by atoms with Gasteiger partial charge in [-0.05, 0) is 24.6 Å². The van der Waals surface area contributed by atoms with Crippen molar-refractivity contribution >= 4 is 33.5 Å². The number of halogens is 1. The molecule has 6 heteroatoms. The zero-order valence-corrected chi connectivity index (χ0v) is 13.1. The number of para-hydroxylation sites is 1. The molecule has 1 aromatic carbocycles. The smallest absolute Gasteiger partial charge is 0.285 e. The van der Waals surface area contributed by atoms with E-state index in [4.69, 9.17) is 11.6 Å². The van der Waals surface area contributed by atoms with Crippen LogP contribution in [0, 0.1) is 0 Å². The molecule has 110 valence electrons. The molecule has 0 saturated heterocycles. The van der Waals surface area contributed by atoms with Gasteiger partial charge in [0.25, 0.3) is 10.0 Å². The number of hydrogen-bond acceptors (Lipinski definition) is 2. The van der Waals surface area contributed by atoms with Gasteiger partial charge in [-0.1, -0.05) is 43.1 Å². The third kappa shape index (κ3) is 2.26. The van der Waals surface area contributed by atoms with E-state index in [9.17, 15) is 8.42 Å². The molecule has 1 aromatic heterocycles. The normalized spacial score (nSPS) is 16.5. The minimum atomic E-state index is -3.70. The molecular weight excluding hydrogens is 308 g/mol. The van der Waals surface area contributed by atoms with Crippen LogP contribution in [0.5, 0.6) is 0 Å². The molecule has 2 aromatic rings. The van der Waals surface area contributed by atoms with Gasteiger partial charge in [-0.2, -0.15) is 8.42 Å². The van der Waals surface area contributed by atoms with E-state index in [1.165, 1.54) is 4.31 Å². The standard InChI is InChI=1S/C15H15ClN2O2S/c1-2-6-13-11-17-10-9-14(16)15(17)21(19,20)18(13)12-7-4-3-5-8-12/h3-5,7-11H,2,6H2,1H3. The fraction of sp³-hybridized carbons (Fsp3) is 0.200. The molecule has 0 radical (unpaired) electrons. The number of aromatic nitrogens is 1. The number of rotatable bonds is 3. The molecule has 2 heterocycles. The number of sulfonamides is 1. The first kappa shape index (κ1) is 14.2. The minimum absolute atomic E-state index is 0.118. The van der Waals surface area contributed by atoms with Crippen molar-refractivity contribution in [3.05, 3.63) is 53.3 Å². The predicted molar refractivity (Wildman–Crippen MR) is 84.7 cm³/mol. The summed E-state index contributed by atoms with van der Waals surface area (Å²) in [7, 11) is -3.70. The van der Waals surface area contributed by atoms with Gasteiger partial charge in [-0.25, -0.2) is 4.31 Å². The van der Waals surface area contributed by atoms with Gasteiger partial charge >= 0.3 is 0 Å². The molecule has 0 amide bonds. The summed E-state index contributed by atoms with van der Waals surface area (Å²) in [6.45, 7) is 2.02. The Kier molecular flexibility index (Phi) is 3.55. The molecule has 0 spiro atoms. The fourth-order valence-corrected chi connectivity index (χ4v) is 4.67. The Bertz CT molecular complexity index is 794. The fourth-order valence-electron chi connectivity index (χ4n) is 2.51. The molecule has 1 aliphatic rings. The van der Waals surface area contributed by atoms with Crippen LogP contribution in [-0.4, -0.2) is 13.0 Å². The number of anilines is 1. The van der Waals surface area contributed by atoms with Crippen molar-refractivity contribution < 1.29 is 8.42 Å². The molecule has 3 rings (SSSR count). The van der Waals surface area contributed by atoms with Crippen LogP contribution in [0.3, 0.4) is 0 Å². The van der Waals surface area contributed by atoms with Crippen molar-refractivity contribution in [2.75, 3.05) is 4.31 Å². The minimum Gasteiger partial charge on any atom is -0.310 e. The van der Waals surface area contributed by atoms with Gasteiger partial charge < -0.3 is 4.57 Å². The van der Waals surface area contributed by atoms with Crippen molar-refractivity contribution in [3.8, 4) is 0 Å². The molecule has 0 aliphatic carbocycles. The molecule has 0 N–H and O–H groups in total. The number of fused-ring (bicyclic) bond motifs is 1. The first-order valence-electron chi connectivity index (χ1n) is 6.73. The van der Waals surface area contributed by atoms with Gasteiger partial charge in [0, 0.05) is 12.4 Å². The van der Waals surface area contributed by atoms with Crippen LogP contribution in [0.15, 0.2) is 53.3 Å². The van der Waals surface area contributed by atoms with E-state index in [0.717, 1.165) is 12.1 Å². The summed E-state index contributed by atoms with van der Waals surface area (Å²) < 4.78 is 28.9. The SMILES string of the molecule is CCCC1=Cn2ccc(Cl)c2S(=O)(=O)N1c1ccccc1. The maximum atomic E-state index is 13.0. The van der Waals surface area contributed by atoms with E-state index in [1.54, 1.807) is 29.0 Å². The molecule has 21 heavy (non-hydrogen) atoms. The van der Waals surface area contributed by atoms with Crippen LogP contribution >= 0.6 is 11.6 Å². The third-order valence-electron chi connectivity index (χ3n) is 3.35. The van der Waals surface area contributed by atoms with Crippen molar-refractivity contribution in [2.24, 2.45) is 0 Å². The van der Waals surface area contributed by atoms with Gasteiger partial charge in [0.2, 0.25) is 0 Å². The highest BCUT2D eigenvalue weighted by Gasteiger charge is 2.35. The lowest BCUT2D eigenvalue weighted by atomic mass is 10.2. The van der Waals surface area contributed by atoms with Crippen LogP contribution < -0.4 is 4.31 Å². The summed E-state index contributed by atoms with van der Waals surface area (Å²) in [5.41, 5.74) is 1.36. The van der Waals surface area contributed by atoms with Crippen molar-refractivity contribution in [2.45, 2.75) is 24.8 Å². The number of benzene rings is 1. The molecule has 0 unspecified atom stereocenters. The average Bonchev–Trinajstić information content (AvgIpc) is 2.82. The summed E-state index contributed by atoms with van der Waals surface area (Å²) in [6.07, 6.45) is 5.03. The van der Waals surface area contributed by atoms with Crippen LogP contribution in [0.4, 0.5) is 5.69 Å². The molecule has 0 bridgehead atoms. The number of nitrogens with zero attached hydrogens (tertiary/aromatic N) is 2. The van der Waals surface area contributed by atoms with E-state index in [2.05, 4.69) is 0 Å². The Morgan fingerprint density at radius 2 is 1.86 bits per heavy atom. The van der Waals surface area contributed by atoms with Gasteiger partial charge in [0.15, 0.2) is 5.03 Å². The van der Waals surface area contributed by atoms with Crippen molar-refractivity contribution in [3.63, 3.8) is 0 Å². The molecule has 0 fully saturated rings. The molecular formula is C15H15ClN2O2S. The summed E-state index contributed by atoms with van der Waals surface area (Å²) in [6, 6.07) is 10.7. The Balaban J connectivity index is 2.25. The lowest BCUT2D eigenvalue weighted by molar-refractivity contribution is 0.585. The Morgan fingerprint density at radius 3 is 2.52 bits per heavy atom. The highest BCUT2D eigenvalue weighted by Crippen LogP contribution is 2.37. The summed E-state index contributed by atoms with van der Waals surface area (Å²) in [5.74, 6) is 0. The topological polar surface area (TPSA) is 42.3 Å². The van der Waals surface area contributed by atoms with Gasteiger partial charge in [0.05, 0.1) is 16.4 Å². The second-order valence-corrected chi connectivity index (χ2v) is 6.96. The van der Waals surface area contributed by atoms with Crippen LogP contribution in [-0.2, 0) is 10.0 Å². The highest BCUT2D eigenvalue weighted by molar-refractivity contribution is 7.93. The van der Waals surface area contributed by atoms with Gasteiger partial charge in [-0.15, -0.1) is 0 Å². The molecule has 4 nitrogen and oxygen atoms in total. The van der Waals surface area contributed by atoms with E-state index in [0.29, 0.717) is 12.1 Å². The summed E-state index contributed by atoms with van der Waals surface area (Å²) >= 11 is 6.06. The third-order valence-corrected chi connectivity index (χ3v) is 5.61. The lowest BCUT2D eigenvalue weighted by Crippen LogP contribution is -2.34. The predicted octanol–water partition coefficient (Wildman–Crippen LogP) is 3.95. The lowest BCUT2D eigenvalue weighted by Gasteiger charge is -2.30. The second kappa shape index (κ2) is 5.24. The monoisotopic (exact) mass is 322 g/mol. The quantitative estimate of drug-likeness (QED) is 0.858. The maximum absolute atomic E-state index is 13.0. The van der Waals surface area contributed by atoms with E-state index in [-0.39, 0.29) is 10.0 Å². The summed E-state index contributed by atoms with van der Waals surface area (Å²) in [4.78, 5) is 0. The molecule has 0 saturated carbocycles. The van der Waals surface area contributed by atoms with E-state index >= 15 is 0 Å². The van der Waals surface area contributed by atoms with Gasteiger partial charge in [-0.3, -0.25) is 0 Å². The average molecular weight is 323 g/mol. The highest BCUT2D eigenvalue weighted by atomic mass is 35.5. The Hall–Kier alpha value is -1.72. The molecule has 1 aliphatic heterocycles. The van der Waals surface area contributed by atoms with Crippen molar-refractivity contribution in [1.82, 2.24) is 4.57 Å². The largest absolute Gasteiger partial charge is 0.310 e. The zero-order chi connectivity index (χ0) is 15.0. The second-order valence-electron chi connectivity index (χ2n) is 4.85. The van der Waals surface area contributed by atoms with E-state index in [1.807, 2.05) is 31.3 Å². The Labute approximate surface area is 129 Å².